The van der Waals surface area contributed by atoms with Crippen molar-refractivity contribution in [3.8, 4) is 0 Å². The minimum atomic E-state index is -0.811. The van der Waals surface area contributed by atoms with Crippen LogP contribution in [0.2, 0.25) is 0 Å². The molecule has 0 aromatic carbocycles. The van der Waals surface area contributed by atoms with E-state index in [4.69, 9.17) is 10.2 Å². The summed E-state index contributed by atoms with van der Waals surface area (Å²) in [4.78, 5) is 20.4. The van der Waals surface area contributed by atoms with Crippen LogP contribution in [0.15, 0.2) is 0 Å². The van der Waals surface area contributed by atoms with Crippen molar-refractivity contribution in [2.45, 2.75) is 43.8 Å². The minimum Gasteiger partial charge on any atom is -0.481 e. The second kappa shape index (κ2) is 7.67. The lowest BCUT2D eigenvalue weighted by Gasteiger charge is -2.07. The van der Waals surface area contributed by atoms with Gasteiger partial charge in [0.2, 0.25) is 0 Å². The average Bonchev–Trinajstić information content (AvgIpc) is 2.08. The van der Waals surface area contributed by atoms with Crippen molar-refractivity contribution in [1.82, 2.24) is 0 Å². The van der Waals surface area contributed by atoms with Gasteiger partial charge in [0.15, 0.2) is 0 Å². The molecule has 1 atom stereocenters. The van der Waals surface area contributed by atoms with E-state index in [0.29, 0.717) is 12.8 Å². The molecule has 0 amide bonds. The van der Waals surface area contributed by atoms with Crippen LogP contribution in [0.3, 0.4) is 0 Å². The Morgan fingerprint density at radius 3 is 2.07 bits per heavy atom. The molecule has 0 aromatic rings. The summed E-state index contributed by atoms with van der Waals surface area (Å²) in [5.41, 5.74) is 0. The molecule has 0 bridgehead atoms. The summed E-state index contributed by atoms with van der Waals surface area (Å²) in [7, 11) is 0. The number of rotatable bonds is 8. The summed E-state index contributed by atoms with van der Waals surface area (Å²) >= 11 is 4.22. The number of carbonyl (C=O) groups is 2. The summed E-state index contributed by atoms with van der Waals surface area (Å²) in [5, 5.41) is 16.8. The largest absolute Gasteiger partial charge is 0.481 e. The fraction of sp³-hybridized carbons (Fsp3) is 0.778. The van der Waals surface area contributed by atoms with Crippen LogP contribution in [0.4, 0.5) is 0 Å². The van der Waals surface area contributed by atoms with Crippen LogP contribution in [-0.4, -0.2) is 27.4 Å². The first-order valence-corrected chi connectivity index (χ1v) is 5.15. The van der Waals surface area contributed by atoms with Crippen LogP contribution in [-0.2, 0) is 9.59 Å². The van der Waals surface area contributed by atoms with Crippen molar-refractivity contribution >= 4 is 24.6 Å². The third-order valence-corrected chi connectivity index (χ3v) is 2.39. The van der Waals surface area contributed by atoms with E-state index in [1.165, 1.54) is 0 Å². The maximum absolute atomic E-state index is 10.2. The van der Waals surface area contributed by atoms with Gasteiger partial charge in [-0.2, -0.15) is 12.6 Å². The number of carboxylic acids is 2. The summed E-state index contributed by atoms with van der Waals surface area (Å²) in [6, 6.07) is 0. The predicted molar refractivity (Wildman–Crippen MR) is 55.7 cm³/mol. The zero-order valence-electron chi connectivity index (χ0n) is 7.98. The predicted octanol–water partition coefficient (Wildman–Crippen LogP) is 1.79. The molecule has 0 saturated heterocycles. The van der Waals surface area contributed by atoms with E-state index in [-0.39, 0.29) is 18.1 Å². The summed E-state index contributed by atoms with van der Waals surface area (Å²) in [6.07, 6.45) is 3.07. The first-order chi connectivity index (χ1) is 6.52. The second-order valence-corrected chi connectivity index (χ2v) is 3.96. The van der Waals surface area contributed by atoms with E-state index >= 15 is 0 Å². The Hall–Kier alpha value is -0.710. The first kappa shape index (κ1) is 13.3. The Kier molecular flexibility index (Phi) is 7.28. The minimum absolute atomic E-state index is 0.0693. The van der Waals surface area contributed by atoms with Gasteiger partial charge in [0.25, 0.3) is 0 Å². The zero-order chi connectivity index (χ0) is 11.0. The third-order valence-electron chi connectivity index (χ3n) is 1.87. The van der Waals surface area contributed by atoms with Gasteiger partial charge in [-0.1, -0.05) is 6.42 Å². The molecule has 2 N–H and O–H groups in total. The lowest BCUT2D eigenvalue weighted by Crippen LogP contribution is -2.04. The molecule has 0 aliphatic carbocycles. The Labute approximate surface area is 88.7 Å². The van der Waals surface area contributed by atoms with Crippen LogP contribution in [0.5, 0.6) is 0 Å². The highest BCUT2D eigenvalue weighted by Crippen LogP contribution is 2.13. The Bertz CT molecular complexity index is 193. The van der Waals surface area contributed by atoms with Gasteiger partial charge >= 0.3 is 11.9 Å². The maximum Gasteiger partial charge on any atom is 0.303 e. The zero-order valence-corrected chi connectivity index (χ0v) is 8.87. The molecule has 0 aromatic heterocycles. The molecule has 14 heavy (non-hydrogen) atoms. The molecule has 1 unspecified atom stereocenters. The molecule has 0 heterocycles. The SMILES string of the molecule is O=C(O)CCCCC(S)CCC(=O)O. The third kappa shape index (κ3) is 9.38. The molecule has 0 aliphatic rings. The van der Waals surface area contributed by atoms with E-state index in [1.807, 2.05) is 0 Å². The van der Waals surface area contributed by atoms with Gasteiger partial charge in [-0.05, 0) is 19.3 Å². The number of unbranched alkanes of at least 4 members (excludes halogenated alkanes) is 1. The second-order valence-electron chi connectivity index (χ2n) is 3.23. The molecule has 0 fully saturated rings. The topological polar surface area (TPSA) is 74.6 Å². The number of thiol groups is 1. The fourth-order valence-electron chi connectivity index (χ4n) is 1.09. The number of carboxylic acid groups (broad SMARTS) is 2. The monoisotopic (exact) mass is 220 g/mol. The molecule has 0 saturated carbocycles. The standard InChI is InChI=1S/C9H16O4S/c10-8(11)4-2-1-3-7(14)5-6-9(12)13/h7,14H,1-6H2,(H,10,11)(H,12,13). The quantitative estimate of drug-likeness (QED) is 0.430. The van der Waals surface area contributed by atoms with Gasteiger partial charge in [0.05, 0.1) is 0 Å². The molecule has 0 radical (unpaired) electrons. The van der Waals surface area contributed by atoms with Crippen molar-refractivity contribution in [3.05, 3.63) is 0 Å². The van der Waals surface area contributed by atoms with E-state index in [0.717, 1.165) is 12.8 Å². The van der Waals surface area contributed by atoms with E-state index < -0.39 is 11.9 Å². The molecule has 0 aliphatic heterocycles. The smallest absolute Gasteiger partial charge is 0.303 e. The van der Waals surface area contributed by atoms with Crippen LogP contribution in [0.1, 0.15) is 38.5 Å². The summed E-state index contributed by atoms with van der Waals surface area (Å²) in [5.74, 6) is -1.60. The lowest BCUT2D eigenvalue weighted by atomic mass is 10.1. The Balaban J connectivity index is 3.30. The molecule has 5 heteroatoms. The van der Waals surface area contributed by atoms with Crippen LogP contribution in [0.25, 0.3) is 0 Å². The van der Waals surface area contributed by atoms with Gasteiger partial charge in [-0.3, -0.25) is 9.59 Å². The van der Waals surface area contributed by atoms with Crippen LogP contribution >= 0.6 is 12.6 Å². The first-order valence-electron chi connectivity index (χ1n) is 4.64. The highest BCUT2D eigenvalue weighted by atomic mass is 32.1. The van der Waals surface area contributed by atoms with Gasteiger partial charge in [0.1, 0.15) is 0 Å². The number of hydrogen-bond acceptors (Lipinski definition) is 3. The fourth-order valence-corrected chi connectivity index (χ4v) is 1.40. The molecule has 82 valence electrons. The van der Waals surface area contributed by atoms with Crippen molar-refractivity contribution in [2.24, 2.45) is 0 Å². The van der Waals surface area contributed by atoms with Gasteiger partial charge in [-0.15, -0.1) is 0 Å². The molecule has 4 nitrogen and oxygen atoms in total. The van der Waals surface area contributed by atoms with Gasteiger partial charge < -0.3 is 10.2 Å². The normalized spacial score (nSPS) is 12.4. The number of hydrogen-bond donors (Lipinski definition) is 3. The van der Waals surface area contributed by atoms with E-state index in [2.05, 4.69) is 12.6 Å². The Morgan fingerprint density at radius 2 is 1.57 bits per heavy atom. The lowest BCUT2D eigenvalue weighted by molar-refractivity contribution is -0.138. The molecule has 0 rings (SSSR count). The van der Waals surface area contributed by atoms with Crippen molar-refractivity contribution in [3.63, 3.8) is 0 Å². The van der Waals surface area contributed by atoms with Crippen molar-refractivity contribution < 1.29 is 19.8 Å². The highest BCUT2D eigenvalue weighted by Gasteiger charge is 2.06. The van der Waals surface area contributed by atoms with Crippen molar-refractivity contribution in [2.75, 3.05) is 0 Å². The molecule has 0 spiro atoms. The summed E-state index contributed by atoms with van der Waals surface area (Å²) < 4.78 is 0. The summed E-state index contributed by atoms with van der Waals surface area (Å²) in [6.45, 7) is 0. The molecular formula is C9H16O4S. The van der Waals surface area contributed by atoms with Crippen LogP contribution in [0, 0.1) is 0 Å². The van der Waals surface area contributed by atoms with Gasteiger partial charge in [0, 0.05) is 18.1 Å². The van der Waals surface area contributed by atoms with Gasteiger partial charge in [-0.25, -0.2) is 0 Å². The van der Waals surface area contributed by atoms with Crippen molar-refractivity contribution in [1.29, 1.82) is 0 Å². The van der Waals surface area contributed by atoms with Crippen LogP contribution < -0.4 is 0 Å². The highest BCUT2D eigenvalue weighted by molar-refractivity contribution is 7.80. The van der Waals surface area contributed by atoms with E-state index in [9.17, 15) is 9.59 Å². The van der Waals surface area contributed by atoms with E-state index in [1.54, 1.807) is 0 Å². The number of aliphatic carboxylic acids is 2. The Morgan fingerprint density at radius 1 is 1.00 bits per heavy atom. The molecular weight excluding hydrogens is 204 g/mol. The maximum atomic E-state index is 10.2. The average molecular weight is 220 g/mol.